The van der Waals surface area contributed by atoms with Crippen molar-refractivity contribution in [3.63, 3.8) is 0 Å². The van der Waals surface area contributed by atoms with Crippen molar-refractivity contribution in [1.29, 1.82) is 0 Å². The van der Waals surface area contributed by atoms with E-state index in [0.29, 0.717) is 11.7 Å². The molecule has 2 N–H and O–H groups in total. The average molecular weight is 496 g/mol. The van der Waals surface area contributed by atoms with E-state index in [1.807, 2.05) is 26.0 Å². The number of pyridine rings is 1. The van der Waals surface area contributed by atoms with Gasteiger partial charge in [-0.05, 0) is 68.6 Å². The molecule has 1 saturated heterocycles. The Morgan fingerprint density at radius 1 is 1.00 bits per heavy atom. The third kappa shape index (κ3) is 11.2. The topological polar surface area (TPSA) is 48.4 Å². The minimum absolute atomic E-state index is 0.00515. The van der Waals surface area contributed by atoms with Gasteiger partial charge in [-0.1, -0.05) is 74.0 Å². The van der Waals surface area contributed by atoms with E-state index in [1.54, 1.807) is 6.20 Å². The van der Waals surface area contributed by atoms with E-state index in [1.165, 1.54) is 42.3 Å². The van der Waals surface area contributed by atoms with Crippen LogP contribution in [0.4, 0.5) is 0 Å². The molecule has 5 heteroatoms. The third-order valence-electron chi connectivity index (χ3n) is 5.60. The average Bonchev–Trinajstić information content (AvgIpc) is 3.40. The number of halogens is 1. The molecule has 0 radical (unpaired) electrons. The van der Waals surface area contributed by atoms with Crippen LogP contribution in [0, 0.1) is 12.8 Å². The Kier molecular flexibility index (Phi) is 14.9. The largest absolute Gasteiger partial charge is 0.395 e. The van der Waals surface area contributed by atoms with Gasteiger partial charge in [-0.3, -0.25) is 4.90 Å². The highest BCUT2D eigenvalue weighted by Crippen LogP contribution is 2.19. The Hall–Kier alpha value is -2.42. The van der Waals surface area contributed by atoms with Crippen molar-refractivity contribution < 1.29 is 5.11 Å². The summed E-state index contributed by atoms with van der Waals surface area (Å²) in [6.07, 6.45) is 13.3. The monoisotopic (exact) mass is 495 g/mol. The standard InChI is InChI=1S/C16H21NO.C10H13ClN2.C2H6.C2H2/c1-16(2,17-9-10-18)12-13-7-8-14-5-3-4-6-15(14)11-13;11-10-9(4-3-5-12-10)8-13-6-1-2-7-13;2*1-2/h3-8,11,17-18H,9-10,12H2,1-2H3;3-5H,1-2,6-8H2;1-2H3;1-2H. The van der Waals surface area contributed by atoms with Gasteiger partial charge in [0.1, 0.15) is 5.15 Å². The first-order chi connectivity index (χ1) is 17.0. The van der Waals surface area contributed by atoms with Crippen LogP contribution in [0.25, 0.3) is 10.8 Å². The lowest BCUT2D eigenvalue weighted by Crippen LogP contribution is -2.42. The Labute approximate surface area is 217 Å². The van der Waals surface area contributed by atoms with Gasteiger partial charge in [-0.2, -0.15) is 0 Å². The van der Waals surface area contributed by atoms with Crippen molar-refractivity contribution in [1.82, 2.24) is 15.2 Å². The smallest absolute Gasteiger partial charge is 0.133 e. The predicted octanol–water partition coefficient (Wildman–Crippen LogP) is 6.35. The summed E-state index contributed by atoms with van der Waals surface area (Å²) in [7, 11) is 0. The first-order valence-electron chi connectivity index (χ1n) is 12.5. The number of rotatable bonds is 7. The zero-order valence-corrected chi connectivity index (χ0v) is 22.6. The number of aliphatic hydroxyl groups excluding tert-OH is 1. The van der Waals surface area contributed by atoms with Crippen LogP contribution in [0.2, 0.25) is 5.15 Å². The molecule has 4 nitrogen and oxygen atoms in total. The van der Waals surface area contributed by atoms with Crippen molar-refractivity contribution in [3.05, 3.63) is 77.1 Å². The lowest BCUT2D eigenvalue weighted by Gasteiger charge is -2.26. The molecule has 0 amide bonds. The van der Waals surface area contributed by atoms with Gasteiger partial charge in [0, 0.05) is 30.4 Å². The molecule has 1 aromatic heterocycles. The highest BCUT2D eigenvalue weighted by Gasteiger charge is 2.17. The molecule has 0 aliphatic carbocycles. The highest BCUT2D eigenvalue weighted by molar-refractivity contribution is 6.30. The van der Waals surface area contributed by atoms with Crippen molar-refractivity contribution >= 4 is 22.4 Å². The van der Waals surface area contributed by atoms with Crippen LogP contribution in [0.15, 0.2) is 60.8 Å². The molecule has 1 aliphatic heterocycles. The molecule has 4 rings (SSSR count). The summed E-state index contributed by atoms with van der Waals surface area (Å²) in [4.78, 5) is 6.48. The maximum atomic E-state index is 8.87. The zero-order chi connectivity index (χ0) is 26.1. The number of nitrogens with zero attached hydrogens (tertiary/aromatic N) is 2. The van der Waals surface area contributed by atoms with Gasteiger partial charge >= 0.3 is 0 Å². The van der Waals surface area contributed by atoms with Crippen molar-refractivity contribution in [2.75, 3.05) is 26.2 Å². The van der Waals surface area contributed by atoms with Gasteiger partial charge in [0.25, 0.3) is 0 Å². The number of fused-ring (bicyclic) bond motifs is 1. The number of β-amino-alcohol motifs (C(OH)–C–C–N with tert-alkyl or cyclic N) is 1. The molecule has 2 aromatic carbocycles. The summed E-state index contributed by atoms with van der Waals surface area (Å²) in [5, 5.41) is 15.4. The van der Waals surface area contributed by atoms with Crippen molar-refractivity contribution in [2.24, 2.45) is 0 Å². The van der Waals surface area contributed by atoms with E-state index < -0.39 is 0 Å². The number of nitrogens with one attached hydrogen (secondary N) is 1. The number of hydrogen-bond acceptors (Lipinski definition) is 4. The second-order valence-electron chi connectivity index (χ2n) is 8.83. The number of aromatic nitrogens is 1. The van der Waals surface area contributed by atoms with Gasteiger partial charge in [-0.25, -0.2) is 4.98 Å². The number of hydrogen-bond donors (Lipinski definition) is 2. The van der Waals surface area contributed by atoms with Crippen LogP contribution in [0.1, 0.15) is 51.7 Å². The second kappa shape index (κ2) is 17.1. The van der Waals surface area contributed by atoms with Crippen molar-refractivity contribution in [3.8, 4) is 12.8 Å². The van der Waals surface area contributed by atoms with Crippen molar-refractivity contribution in [2.45, 2.75) is 59.0 Å². The van der Waals surface area contributed by atoms with E-state index in [4.69, 9.17) is 16.7 Å². The number of aliphatic hydroxyl groups is 1. The van der Waals surface area contributed by atoms with Crippen LogP contribution in [0.5, 0.6) is 0 Å². The fourth-order valence-corrected chi connectivity index (χ4v) is 4.21. The van der Waals surface area contributed by atoms with Gasteiger partial charge in [0.2, 0.25) is 0 Å². The second-order valence-corrected chi connectivity index (χ2v) is 9.19. The molecular weight excluding hydrogens is 454 g/mol. The summed E-state index contributed by atoms with van der Waals surface area (Å²) >= 11 is 5.96. The molecule has 190 valence electrons. The fraction of sp³-hybridized carbons (Fsp3) is 0.433. The van der Waals surface area contributed by atoms with Gasteiger partial charge in [-0.15, -0.1) is 12.8 Å². The Bertz CT molecular complexity index is 997. The Morgan fingerprint density at radius 3 is 2.29 bits per heavy atom. The molecule has 0 spiro atoms. The molecule has 3 aromatic rings. The van der Waals surface area contributed by atoms with Gasteiger partial charge in [0.05, 0.1) is 6.61 Å². The molecule has 1 fully saturated rings. The summed E-state index contributed by atoms with van der Waals surface area (Å²) < 4.78 is 0. The van der Waals surface area contributed by atoms with E-state index in [2.05, 4.69) is 84.4 Å². The van der Waals surface area contributed by atoms with E-state index in [9.17, 15) is 0 Å². The highest BCUT2D eigenvalue weighted by atomic mass is 35.5. The minimum atomic E-state index is 0.00515. The molecule has 2 heterocycles. The molecule has 0 atom stereocenters. The first kappa shape index (κ1) is 30.6. The molecule has 35 heavy (non-hydrogen) atoms. The molecule has 1 aliphatic rings. The van der Waals surface area contributed by atoms with Crippen LogP contribution in [0.3, 0.4) is 0 Å². The van der Waals surface area contributed by atoms with Crippen LogP contribution >= 0.6 is 11.6 Å². The fourth-order valence-electron chi connectivity index (χ4n) is 4.03. The Balaban J connectivity index is 0.000000318. The lowest BCUT2D eigenvalue weighted by molar-refractivity contribution is 0.265. The summed E-state index contributed by atoms with van der Waals surface area (Å²) in [6.45, 7) is 12.5. The minimum Gasteiger partial charge on any atom is -0.395 e. The van der Waals surface area contributed by atoms with Crippen LogP contribution in [-0.2, 0) is 13.0 Å². The number of terminal acetylenes is 1. The van der Waals surface area contributed by atoms with Crippen LogP contribution in [-0.4, -0.2) is 46.8 Å². The maximum absolute atomic E-state index is 8.87. The number of benzene rings is 2. The van der Waals surface area contributed by atoms with E-state index in [-0.39, 0.29) is 12.1 Å². The summed E-state index contributed by atoms with van der Waals surface area (Å²) in [5.74, 6) is 0. The quantitative estimate of drug-likeness (QED) is 0.296. The third-order valence-corrected chi connectivity index (χ3v) is 5.94. The molecule has 0 saturated carbocycles. The van der Waals surface area contributed by atoms with Crippen LogP contribution < -0.4 is 5.32 Å². The van der Waals surface area contributed by atoms with E-state index >= 15 is 0 Å². The SMILES string of the molecule is C#C.CC.CC(C)(Cc1ccc2ccccc2c1)NCCO.Clc1ncccc1CN1CCCC1. The normalized spacial score (nSPS) is 13.0. The van der Waals surface area contributed by atoms with Gasteiger partial charge in [0.15, 0.2) is 0 Å². The number of likely N-dealkylation sites (tertiary alicyclic amines) is 1. The van der Waals surface area contributed by atoms with E-state index in [0.717, 1.165) is 18.5 Å². The summed E-state index contributed by atoms with van der Waals surface area (Å²) in [5.41, 5.74) is 2.47. The van der Waals surface area contributed by atoms with Gasteiger partial charge < -0.3 is 10.4 Å². The lowest BCUT2D eigenvalue weighted by atomic mass is 9.93. The Morgan fingerprint density at radius 2 is 1.66 bits per heavy atom. The zero-order valence-electron chi connectivity index (χ0n) is 21.8. The molecule has 0 bridgehead atoms. The maximum Gasteiger partial charge on any atom is 0.133 e. The molecular formula is C30H42ClN3O. The predicted molar refractivity (Wildman–Crippen MR) is 152 cm³/mol. The first-order valence-corrected chi connectivity index (χ1v) is 12.8. The summed E-state index contributed by atoms with van der Waals surface area (Å²) in [6, 6.07) is 19.0. The molecule has 0 unspecified atom stereocenters.